The fourth-order valence-electron chi connectivity index (χ4n) is 2.44. The van der Waals surface area contributed by atoms with Crippen molar-refractivity contribution < 1.29 is 13.6 Å². The van der Waals surface area contributed by atoms with Gasteiger partial charge in [0.2, 0.25) is 0 Å². The monoisotopic (exact) mass is 340 g/mol. The zero-order valence-electron chi connectivity index (χ0n) is 13.4. The van der Waals surface area contributed by atoms with Crippen molar-refractivity contribution in [2.45, 2.75) is 13.0 Å². The minimum absolute atomic E-state index is 0.144. The average Bonchev–Trinajstić information content (AvgIpc) is 3.07. The predicted molar refractivity (Wildman–Crippen MR) is 90.9 cm³/mol. The molecule has 1 N–H and O–H groups in total. The Balaban J connectivity index is 1.57. The first-order valence-electron chi connectivity index (χ1n) is 7.89. The summed E-state index contributed by atoms with van der Waals surface area (Å²) in [4.78, 5) is 23.8. The number of aromatic nitrogens is 1. The lowest BCUT2D eigenvalue weighted by atomic mass is 10.1. The van der Waals surface area contributed by atoms with Crippen molar-refractivity contribution in [2.75, 3.05) is 6.54 Å². The topological polar surface area (TPSA) is 64.2 Å². The number of rotatable bonds is 6. The first-order chi connectivity index (χ1) is 12.1. The highest BCUT2D eigenvalue weighted by Gasteiger charge is 2.11. The van der Waals surface area contributed by atoms with Crippen LogP contribution in [0.5, 0.6) is 0 Å². The van der Waals surface area contributed by atoms with E-state index in [2.05, 4.69) is 5.32 Å². The Labute approximate surface area is 143 Å². The first kappa shape index (κ1) is 16.7. The van der Waals surface area contributed by atoms with E-state index in [4.69, 9.17) is 4.42 Å². The summed E-state index contributed by atoms with van der Waals surface area (Å²) in [6, 6.07) is 14.5. The minimum Gasteiger partial charge on any atom is -0.454 e. The second kappa shape index (κ2) is 7.61. The van der Waals surface area contributed by atoms with Gasteiger partial charge >= 0.3 is 0 Å². The molecule has 0 atom stereocenters. The predicted octanol–water partition coefficient (Wildman–Crippen LogP) is 2.60. The van der Waals surface area contributed by atoms with Crippen LogP contribution in [0.3, 0.4) is 0 Å². The average molecular weight is 340 g/mol. The lowest BCUT2D eigenvalue weighted by Gasteiger charge is -2.05. The van der Waals surface area contributed by atoms with E-state index in [1.165, 1.54) is 16.7 Å². The van der Waals surface area contributed by atoms with E-state index in [1.807, 2.05) is 0 Å². The summed E-state index contributed by atoms with van der Waals surface area (Å²) < 4.78 is 20.5. The molecule has 3 rings (SSSR count). The summed E-state index contributed by atoms with van der Waals surface area (Å²) in [7, 11) is 0. The normalized spacial score (nSPS) is 10.6. The summed E-state index contributed by atoms with van der Waals surface area (Å²) >= 11 is 0. The van der Waals surface area contributed by atoms with Crippen LogP contribution in [-0.2, 0) is 13.0 Å². The second-order valence-electron chi connectivity index (χ2n) is 5.53. The summed E-state index contributed by atoms with van der Waals surface area (Å²) in [6.07, 6.45) is 2.05. The van der Waals surface area contributed by atoms with E-state index in [1.54, 1.807) is 48.7 Å². The number of amides is 1. The zero-order chi connectivity index (χ0) is 17.6. The molecule has 0 fully saturated rings. The quantitative estimate of drug-likeness (QED) is 0.750. The highest BCUT2D eigenvalue weighted by Crippen LogP contribution is 2.10. The molecule has 1 aromatic carbocycles. The van der Waals surface area contributed by atoms with E-state index >= 15 is 0 Å². The van der Waals surface area contributed by atoms with Gasteiger partial charge in [0.05, 0.1) is 6.54 Å². The molecule has 6 heteroatoms. The fraction of sp³-hybridized carbons (Fsp3) is 0.158. The molecule has 5 nitrogen and oxygen atoms in total. The molecule has 0 aliphatic carbocycles. The molecule has 25 heavy (non-hydrogen) atoms. The lowest BCUT2D eigenvalue weighted by molar-refractivity contribution is 0.0924. The van der Waals surface area contributed by atoms with Gasteiger partial charge in [-0.3, -0.25) is 9.59 Å². The third kappa shape index (κ3) is 4.23. The summed E-state index contributed by atoms with van der Waals surface area (Å²) in [5, 5.41) is 2.70. The number of nitrogens with one attached hydrogen (secondary N) is 1. The molecule has 0 unspecified atom stereocenters. The molecule has 0 aliphatic heterocycles. The van der Waals surface area contributed by atoms with Crippen LogP contribution < -0.4 is 10.9 Å². The van der Waals surface area contributed by atoms with Gasteiger partial charge in [0, 0.05) is 18.8 Å². The van der Waals surface area contributed by atoms with E-state index in [0.717, 1.165) is 0 Å². The van der Waals surface area contributed by atoms with E-state index in [9.17, 15) is 14.0 Å². The molecule has 3 aromatic rings. The number of hydrogen-bond donors (Lipinski definition) is 1. The van der Waals surface area contributed by atoms with Crippen molar-refractivity contribution in [3.05, 3.63) is 94.0 Å². The third-order valence-corrected chi connectivity index (χ3v) is 3.75. The highest BCUT2D eigenvalue weighted by molar-refractivity contribution is 5.91. The van der Waals surface area contributed by atoms with Crippen LogP contribution >= 0.6 is 0 Å². The zero-order valence-corrected chi connectivity index (χ0v) is 13.4. The molecule has 0 spiro atoms. The number of carbonyl (C=O) groups excluding carboxylic acids is 1. The van der Waals surface area contributed by atoms with Gasteiger partial charge in [0.1, 0.15) is 11.6 Å². The molecule has 0 saturated heterocycles. The van der Waals surface area contributed by atoms with Gasteiger partial charge < -0.3 is 14.3 Å². The molecule has 128 valence electrons. The van der Waals surface area contributed by atoms with Crippen molar-refractivity contribution in [1.29, 1.82) is 0 Å². The van der Waals surface area contributed by atoms with Gasteiger partial charge in [-0.25, -0.2) is 4.39 Å². The van der Waals surface area contributed by atoms with E-state index in [0.29, 0.717) is 24.3 Å². The van der Waals surface area contributed by atoms with Crippen LogP contribution in [0.15, 0.2) is 70.0 Å². The van der Waals surface area contributed by atoms with Crippen LogP contribution in [0, 0.1) is 5.82 Å². The SMILES string of the molecule is O=C(NCCc1ccccc1F)c1ccc(Cn2ccccc2=O)o1. The molecular weight excluding hydrogens is 323 g/mol. The molecule has 0 aliphatic rings. The van der Waals surface area contributed by atoms with Gasteiger partial charge in [-0.05, 0) is 36.2 Å². The van der Waals surface area contributed by atoms with Gasteiger partial charge in [-0.1, -0.05) is 24.3 Å². The van der Waals surface area contributed by atoms with Gasteiger partial charge in [-0.2, -0.15) is 0 Å². The summed E-state index contributed by atoms with van der Waals surface area (Å²) in [5.74, 6) is 0.00778. The Hall–Kier alpha value is -3.15. The van der Waals surface area contributed by atoms with Crippen LogP contribution in [0.2, 0.25) is 0 Å². The first-order valence-corrected chi connectivity index (χ1v) is 7.89. The molecule has 2 heterocycles. The van der Waals surface area contributed by atoms with Crippen molar-refractivity contribution in [2.24, 2.45) is 0 Å². The lowest BCUT2D eigenvalue weighted by Crippen LogP contribution is -2.25. The highest BCUT2D eigenvalue weighted by atomic mass is 19.1. The van der Waals surface area contributed by atoms with Crippen LogP contribution in [0.1, 0.15) is 21.9 Å². The van der Waals surface area contributed by atoms with Crippen LogP contribution in [-0.4, -0.2) is 17.0 Å². The number of furan rings is 1. The minimum atomic E-state index is -0.372. The number of pyridine rings is 1. The van der Waals surface area contributed by atoms with Crippen molar-refractivity contribution in [3.8, 4) is 0 Å². The number of hydrogen-bond acceptors (Lipinski definition) is 3. The van der Waals surface area contributed by atoms with Crippen LogP contribution in [0.4, 0.5) is 4.39 Å². The number of carbonyl (C=O) groups is 1. The van der Waals surface area contributed by atoms with Crippen LogP contribution in [0.25, 0.3) is 0 Å². The molecular formula is C19H17FN2O3. The Kier molecular flexibility index (Phi) is 5.09. The maximum absolute atomic E-state index is 13.5. The van der Waals surface area contributed by atoms with Gasteiger partial charge in [-0.15, -0.1) is 0 Å². The maximum Gasteiger partial charge on any atom is 0.287 e. The Bertz CT molecular complexity index is 930. The molecule has 2 aromatic heterocycles. The number of nitrogens with zero attached hydrogens (tertiary/aromatic N) is 1. The Morgan fingerprint density at radius 3 is 2.68 bits per heavy atom. The van der Waals surface area contributed by atoms with Crippen molar-refractivity contribution in [3.63, 3.8) is 0 Å². The largest absolute Gasteiger partial charge is 0.454 e. The number of halogens is 1. The molecule has 0 saturated carbocycles. The van der Waals surface area contributed by atoms with Crippen molar-refractivity contribution >= 4 is 5.91 Å². The van der Waals surface area contributed by atoms with Gasteiger partial charge in [0.25, 0.3) is 11.5 Å². The van der Waals surface area contributed by atoms with E-state index in [-0.39, 0.29) is 29.6 Å². The molecule has 0 bridgehead atoms. The smallest absolute Gasteiger partial charge is 0.287 e. The Morgan fingerprint density at radius 1 is 1.08 bits per heavy atom. The summed E-state index contributed by atoms with van der Waals surface area (Å²) in [5.41, 5.74) is 0.404. The standard InChI is InChI=1S/C19H17FN2O3/c20-16-6-2-1-5-14(16)10-11-21-19(24)17-9-8-15(25-17)13-22-12-4-3-7-18(22)23/h1-9,12H,10-11,13H2,(H,21,24). The molecule has 1 amide bonds. The molecule has 0 radical (unpaired) electrons. The summed E-state index contributed by atoms with van der Waals surface area (Å²) in [6.45, 7) is 0.552. The van der Waals surface area contributed by atoms with Gasteiger partial charge in [0.15, 0.2) is 5.76 Å². The van der Waals surface area contributed by atoms with Crippen molar-refractivity contribution in [1.82, 2.24) is 9.88 Å². The van der Waals surface area contributed by atoms with E-state index < -0.39 is 0 Å². The maximum atomic E-state index is 13.5. The fourth-order valence-corrected chi connectivity index (χ4v) is 2.44. The third-order valence-electron chi connectivity index (χ3n) is 3.75. The number of benzene rings is 1. The Morgan fingerprint density at radius 2 is 1.88 bits per heavy atom. The second-order valence-corrected chi connectivity index (χ2v) is 5.53.